The van der Waals surface area contributed by atoms with Crippen molar-refractivity contribution in [2.24, 2.45) is 5.73 Å². The summed E-state index contributed by atoms with van der Waals surface area (Å²) in [5.41, 5.74) is 8.48. The zero-order valence-corrected chi connectivity index (χ0v) is 10.5. The van der Waals surface area contributed by atoms with Gasteiger partial charge >= 0.3 is 5.97 Å². The van der Waals surface area contributed by atoms with Crippen molar-refractivity contribution >= 4 is 17.6 Å². The molecular weight excluding hydrogens is 244 g/mol. The highest BCUT2D eigenvalue weighted by Crippen LogP contribution is 2.29. The molecule has 19 heavy (non-hydrogen) atoms. The number of carbonyl (C=O) groups is 2. The van der Waals surface area contributed by atoms with E-state index in [0.29, 0.717) is 13.0 Å². The van der Waals surface area contributed by atoms with Gasteiger partial charge in [-0.15, -0.1) is 0 Å². The number of carbonyl (C=O) groups excluding carboxylic acids is 1. The summed E-state index contributed by atoms with van der Waals surface area (Å²) in [7, 11) is 0. The lowest BCUT2D eigenvalue weighted by Gasteiger charge is -2.15. The molecule has 0 aromatic heterocycles. The fourth-order valence-electron chi connectivity index (χ4n) is 2.22. The first kappa shape index (κ1) is 13.3. The van der Waals surface area contributed by atoms with Crippen molar-refractivity contribution in [2.45, 2.75) is 12.8 Å². The zero-order chi connectivity index (χ0) is 13.8. The fourth-order valence-corrected chi connectivity index (χ4v) is 2.22. The Balaban J connectivity index is 2.17. The third-order valence-electron chi connectivity index (χ3n) is 3.06. The van der Waals surface area contributed by atoms with Gasteiger partial charge in [-0.05, 0) is 30.2 Å². The van der Waals surface area contributed by atoms with Crippen molar-refractivity contribution in [3.05, 3.63) is 41.5 Å². The minimum atomic E-state index is -1.01. The number of nitrogens with two attached hydrogens (primary N) is 1. The van der Waals surface area contributed by atoms with Gasteiger partial charge in [-0.1, -0.05) is 18.2 Å². The van der Waals surface area contributed by atoms with Crippen molar-refractivity contribution in [2.75, 3.05) is 18.0 Å². The highest BCUT2D eigenvalue weighted by Gasteiger charge is 2.26. The molecule has 2 rings (SSSR count). The molecule has 5 heteroatoms. The summed E-state index contributed by atoms with van der Waals surface area (Å²) in [6.45, 7) is 0.867. The van der Waals surface area contributed by atoms with Crippen LogP contribution in [0.4, 0.5) is 5.69 Å². The molecule has 0 saturated carbocycles. The molecular formula is C14H16N2O3. The Morgan fingerprint density at radius 1 is 1.47 bits per heavy atom. The van der Waals surface area contributed by atoms with Crippen LogP contribution in [0.2, 0.25) is 0 Å². The number of anilines is 1. The summed E-state index contributed by atoms with van der Waals surface area (Å²) in [6.07, 6.45) is 3.69. The molecule has 0 spiro atoms. The molecule has 0 saturated heterocycles. The highest BCUT2D eigenvalue weighted by molar-refractivity contribution is 6.01. The van der Waals surface area contributed by atoms with Crippen LogP contribution in [-0.2, 0) is 22.4 Å². The average Bonchev–Trinajstić information content (AvgIpc) is 2.65. The van der Waals surface area contributed by atoms with Gasteiger partial charge in [0, 0.05) is 18.3 Å². The molecule has 5 nitrogen and oxygen atoms in total. The third-order valence-corrected chi connectivity index (χ3v) is 3.06. The van der Waals surface area contributed by atoms with E-state index in [0.717, 1.165) is 29.3 Å². The van der Waals surface area contributed by atoms with Gasteiger partial charge in [0.25, 0.3) is 0 Å². The SMILES string of the molecule is NCCc1ccc2c(c1)CC(=O)N2C/C=C/C(=O)O. The Labute approximate surface area is 111 Å². The first-order valence-electron chi connectivity index (χ1n) is 6.13. The molecule has 3 N–H and O–H groups in total. The molecule has 0 unspecified atom stereocenters. The number of aliphatic carboxylic acids is 1. The minimum absolute atomic E-state index is 0.00469. The molecule has 0 atom stereocenters. The number of carboxylic acids is 1. The summed E-state index contributed by atoms with van der Waals surface area (Å²) < 4.78 is 0. The van der Waals surface area contributed by atoms with Crippen LogP contribution in [0.3, 0.4) is 0 Å². The summed E-state index contributed by atoms with van der Waals surface area (Å²) >= 11 is 0. The normalized spacial score (nSPS) is 14.2. The summed E-state index contributed by atoms with van der Waals surface area (Å²) in [5.74, 6) is -1.01. The van der Waals surface area contributed by atoms with Crippen LogP contribution in [0.5, 0.6) is 0 Å². The average molecular weight is 260 g/mol. The number of rotatable bonds is 5. The van der Waals surface area contributed by atoms with Gasteiger partial charge in [-0.3, -0.25) is 4.79 Å². The molecule has 0 aliphatic carbocycles. The van der Waals surface area contributed by atoms with Crippen molar-refractivity contribution in [3.8, 4) is 0 Å². The van der Waals surface area contributed by atoms with Crippen LogP contribution in [-0.4, -0.2) is 30.1 Å². The zero-order valence-electron chi connectivity index (χ0n) is 10.5. The maximum absolute atomic E-state index is 11.9. The maximum atomic E-state index is 11.9. The molecule has 1 aliphatic heterocycles. The van der Waals surface area contributed by atoms with E-state index < -0.39 is 5.97 Å². The summed E-state index contributed by atoms with van der Waals surface area (Å²) in [6, 6.07) is 5.86. The lowest BCUT2D eigenvalue weighted by molar-refractivity contribution is -0.131. The quantitative estimate of drug-likeness (QED) is 0.764. The van der Waals surface area contributed by atoms with Crippen molar-refractivity contribution in [1.29, 1.82) is 0 Å². The number of amides is 1. The lowest BCUT2D eigenvalue weighted by atomic mass is 10.1. The van der Waals surface area contributed by atoms with Crippen LogP contribution < -0.4 is 10.6 Å². The number of hydrogen-bond donors (Lipinski definition) is 2. The summed E-state index contributed by atoms with van der Waals surface area (Å²) in [5, 5.41) is 8.54. The Bertz CT molecular complexity index is 537. The van der Waals surface area contributed by atoms with Crippen LogP contribution in [0.1, 0.15) is 11.1 Å². The van der Waals surface area contributed by atoms with Gasteiger partial charge in [-0.2, -0.15) is 0 Å². The Morgan fingerprint density at radius 3 is 2.95 bits per heavy atom. The maximum Gasteiger partial charge on any atom is 0.328 e. The molecule has 0 bridgehead atoms. The molecule has 0 fully saturated rings. The number of carboxylic acid groups (broad SMARTS) is 1. The molecule has 1 aromatic rings. The number of benzene rings is 1. The largest absolute Gasteiger partial charge is 0.478 e. The summed E-state index contributed by atoms with van der Waals surface area (Å²) in [4.78, 5) is 23.9. The van der Waals surface area contributed by atoms with Crippen LogP contribution in [0.25, 0.3) is 0 Å². The van der Waals surface area contributed by atoms with E-state index in [1.807, 2.05) is 18.2 Å². The van der Waals surface area contributed by atoms with Gasteiger partial charge in [0.05, 0.1) is 6.42 Å². The van der Waals surface area contributed by atoms with E-state index in [4.69, 9.17) is 10.8 Å². The van der Waals surface area contributed by atoms with E-state index in [1.165, 1.54) is 6.08 Å². The van der Waals surface area contributed by atoms with Crippen molar-refractivity contribution < 1.29 is 14.7 Å². The van der Waals surface area contributed by atoms with Crippen LogP contribution in [0.15, 0.2) is 30.4 Å². The second-order valence-corrected chi connectivity index (χ2v) is 4.42. The highest BCUT2D eigenvalue weighted by atomic mass is 16.4. The van der Waals surface area contributed by atoms with Crippen molar-refractivity contribution in [1.82, 2.24) is 0 Å². The van der Waals surface area contributed by atoms with Gasteiger partial charge in [0.15, 0.2) is 0 Å². The predicted molar refractivity (Wildman–Crippen MR) is 72.0 cm³/mol. The van der Waals surface area contributed by atoms with Gasteiger partial charge in [-0.25, -0.2) is 4.79 Å². The van der Waals surface area contributed by atoms with E-state index in [1.54, 1.807) is 4.90 Å². The molecule has 0 radical (unpaired) electrons. The Kier molecular flexibility index (Phi) is 3.97. The molecule has 100 valence electrons. The monoisotopic (exact) mass is 260 g/mol. The lowest BCUT2D eigenvalue weighted by Crippen LogP contribution is -2.26. The van der Waals surface area contributed by atoms with E-state index >= 15 is 0 Å². The first-order chi connectivity index (χ1) is 9.11. The second-order valence-electron chi connectivity index (χ2n) is 4.42. The van der Waals surface area contributed by atoms with Crippen LogP contribution >= 0.6 is 0 Å². The van der Waals surface area contributed by atoms with Crippen molar-refractivity contribution in [3.63, 3.8) is 0 Å². The van der Waals surface area contributed by atoms with Gasteiger partial charge in [0.2, 0.25) is 5.91 Å². The van der Waals surface area contributed by atoms with E-state index in [2.05, 4.69) is 0 Å². The van der Waals surface area contributed by atoms with E-state index in [9.17, 15) is 9.59 Å². The molecule has 1 heterocycles. The Morgan fingerprint density at radius 2 is 2.26 bits per heavy atom. The first-order valence-corrected chi connectivity index (χ1v) is 6.13. The predicted octanol–water partition coefficient (Wildman–Crippen LogP) is 0.718. The minimum Gasteiger partial charge on any atom is -0.478 e. The molecule has 1 aliphatic rings. The standard InChI is InChI=1S/C14H16N2O3/c15-6-5-10-3-4-12-11(8-10)9-13(17)16(12)7-1-2-14(18)19/h1-4,8H,5-7,9,15H2,(H,18,19)/b2-1+. The fraction of sp³-hybridized carbons (Fsp3) is 0.286. The molecule has 1 aromatic carbocycles. The molecule has 1 amide bonds. The topological polar surface area (TPSA) is 83.6 Å². The van der Waals surface area contributed by atoms with Gasteiger partial charge in [0.1, 0.15) is 0 Å². The van der Waals surface area contributed by atoms with Crippen LogP contribution in [0, 0.1) is 0 Å². The Hall–Kier alpha value is -2.14. The number of fused-ring (bicyclic) bond motifs is 1. The second kappa shape index (κ2) is 5.67. The smallest absolute Gasteiger partial charge is 0.328 e. The van der Waals surface area contributed by atoms with Gasteiger partial charge < -0.3 is 15.7 Å². The third kappa shape index (κ3) is 3.00. The number of nitrogens with zero attached hydrogens (tertiary/aromatic N) is 1. The number of hydrogen-bond acceptors (Lipinski definition) is 3. The van der Waals surface area contributed by atoms with E-state index in [-0.39, 0.29) is 12.5 Å².